The molecule has 0 N–H and O–H groups in total. The lowest BCUT2D eigenvalue weighted by Gasteiger charge is -2.44. The Morgan fingerprint density at radius 3 is 3.04 bits per heavy atom. The molecule has 2 heterocycles. The highest BCUT2D eigenvalue weighted by Gasteiger charge is 2.38. The molecule has 1 amide bonds. The number of rotatable bonds is 2. The molecule has 2 aromatic rings. The Labute approximate surface area is 136 Å². The Balaban J connectivity index is 1.60. The largest absolute Gasteiger partial charge is 0.374 e. The van der Waals surface area contributed by atoms with Crippen molar-refractivity contribution in [2.24, 2.45) is 0 Å². The third-order valence-electron chi connectivity index (χ3n) is 5.27. The zero-order valence-electron chi connectivity index (χ0n) is 13.5. The topological polar surface area (TPSA) is 47.4 Å². The second-order valence-corrected chi connectivity index (χ2v) is 6.61. The summed E-state index contributed by atoms with van der Waals surface area (Å²) in [5, 5.41) is 0. The van der Waals surface area contributed by atoms with Crippen molar-refractivity contribution in [1.82, 2.24) is 14.5 Å². The van der Waals surface area contributed by atoms with Gasteiger partial charge in [0.25, 0.3) is 0 Å². The molecule has 1 aliphatic heterocycles. The van der Waals surface area contributed by atoms with Crippen molar-refractivity contribution in [1.29, 1.82) is 0 Å². The highest BCUT2D eigenvalue weighted by Crippen LogP contribution is 2.30. The van der Waals surface area contributed by atoms with Gasteiger partial charge in [0.05, 0.1) is 36.1 Å². The maximum absolute atomic E-state index is 13.1. The number of carbonyl (C=O) groups excluding carboxylic acids is 1. The molecule has 5 heteroatoms. The number of nitrogens with zero attached hydrogens (tertiary/aromatic N) is 3. The molecule has 2 fully saturated rings. The van der Waals surface area contributed by atoms with Crippen molar-refractivity contribution in [2.45, 2.75) is 50.8 Å². The molecule has 1 aromatic heterocycles. The lowest BCUT2D eigenvalue weighted by Crippen LogP contribution is -2.56. The second-order valence-electron chi connectivity index (χ2n) is 6.61. The minimum Gasteiger partial charge on any atom is -0.374 e. The first kappa shape index (κ1) is 14.7. The van der Waals surface area contributed by atoms with E-state index in [9.17, 15) is 4.79 Å². The van der Waals surface area contributed by atoms with Crippen LogP contribution in [0.25, 0.3) is 11.0 Å². The Morgan fingerprint density at radius 2 is 2.13 bits per heavy atom. The van der Waals surface area contributed by atoms with Crippen LogP contribution in [0.4, 0.5) is 0 Å². The smallest absolute Gasteiger partial charge is 0.245 e. The van der Waals surface area contributed by atoms with Gasteiger partial charge in [0, 0.05) is 6.54 Å². The maximum atomic E-state index is 13.1. The van der Waals surface area contributed by atoms with Gasteiger partial charge >= 0.3 is 0 Å². The summed E-state index contributed by atoms with van der Waals surface area (Å²) in [5.41, 5.74) is 1.95. The molecule has 23 heavy (non-hydrogen) atoms. The van der Waals surface area contributed by atoms with E-state index in [4.69, 9.17) is 4.74 Å². The highest BCUT2D eigenvalue weighted by molar-refractivity contribution is 5.84. The molecule has 2 aliphatic rings. The zero-order chi connectivity index (χ0) is 15.8. The number of amides is 1. The number of ether oxygens (including phenoxy) is 1. The summed E-state index contributed by atoms with van der Waals surface area (Å²) in [6.07, 6.45) is 6.56. The zero-order valence-corrected chi connectivity index (χ0v) is 13.5. The van der Waals surface area contributed by atoms with Gasteiger partial charge in [0.1, 0.15) is 6.04 Å². The van der Waals surface area contributed by atoms with Gasteiger partial charge < -0.3 is 14.2 Å². The van der Waals surface area contributed by atoms with Crippen LogP contribution >= 0.6 is 0 Å². The molecule has 3 atom stereocenters. The highest BCUT2D eigenvalue weighted by atomic mass is 16.5. The van der Waals surface area contributed by atoms with Gasteiger partial charge in [-0.3, -0.25) is 4.79 Å². The molecule has 0 radical (unpaired) electrons. The molecular formula is C18H23N3O2. The van der Waals surface area contributed by atoms with E-state index in [0.29, 0.717) is 13.2 Å². The summed E-state index contributed by atoms with van der Waals surface area (Å²) in [5.74, 6) is 0.188. The molecule has 1 aliphatic carbocycles. The van der Waals surface area contributed by atoms with Gasteiger partial charge in [-0.15, -0.1) is 0 Å². The molecule has 122 valence electrons. The van der Waals surface area contributed by atoms with E-state index < -0.39 is 0 Å². The third kappa shape index (κ3) is 2.53. The fourth-order valence-corrected chi connectivity index (χ4v) is 4.02. The summed E-state index contributed by atoms with van der Waals surface area (Å²) < 4.78 is 7.88. The van der Waals surface area contributed by atoms with Crippen LogP contribution < -0.4 is 0 Å². The summed E-state index contributed by atoms with van der Waals surface area (Å²) in [6, 6.07) is 7.99. The van der Waals surface area contributed by atoms with Crippen LogP contribution in [0.5, 0.6) is 0 Å². The number of imidazole rings is 1. The van der Waals surface area contributed by atoms with Crippen LogP contribution in [0.15, 0.2) is 30.6 Å². The molecule has 0 spiro atoms. The normalized spacial score (nSPS) is 26.0. The van der Waals surface area contributed by atoms with Crippen LogP contribution in [-0.2, 0) is 9.53 Å². The number of hydrogen-bond acceptors (Lipinski definition) is 3. The van der Waals surface area contributed by atoms with E-state index in [1.165, 1.54) is 12.8 Å². The van der Waals surface area contributed by atoms with Crippen molar-refractivity contribution < 1.29 is 9.53 Å². The quantitative estimate of drug-likeness (QED) is 0.856. The first-order chi connectivity index (χ1) is 11.3. The Morgan fingerprint density at radius 1 is 1.30 bits per heavy atom. The molecule has 1 aromatic carbocycles. The Hall–Kier alpha value is -1.88. The fraction of sp³-hybridized carbons (Fsp3) is 0.556. The predicted octanol–water partition coefficient (Wildman–Crippen LogP) is 2.77. The average Bonchev–Trinajstić information content (AvgIpc) is 3.04. The number of hydrogen-bond donors (Lipinski definition) is 0. The third-order valence-corrected chi connectivity index (χ3v) is 5.27. The molecule has 4 rings (SSSR count). The fourth-order valence-electron chi connectivity index (χ4n) is 4.02. The standard InChI is InChI=1S/C18H23N3O2/c1-13(21-12-19-14-6-2-3-7-15(14)21)18(22)20-10-11-23-17-9-5-4-8-16(17)20/h2-3,6-7,12-13,16-17H,4-5,8-11H2,1H3/t13-,16-,17-/m1/s1. The van der Waals surface area contributed by atoms with Gasteiger partial charge in [0.15, 0.2) is 0 Å². The first-order valence-electron chi connectivity index (χ1n) is 8.59. The number of morpholine rings is 1. The summed E-state index contributed by atoms with van der Waals surface area (Å²) >= 11 is 0. The number of carbonyl (C=O) groups is 1. The van der Waals surface area contributed by atoms with E-state index in [-0.39, 0.29) is 24.1 Å². The number of aromatic nitrogens is 2. The minimum atomic E-state index is -0.233. The monoisotopic (exact) mass is 313 g/mol. The summed E-state index contributed by atoms with van der Waals surface area (Å²) in [7, 11) is 0. The van der Waals surface area contributed by atoms with Crippen LogP contribution in [0.1, 0.15) is 38.6 Å². The first-order valence-corrected chi connectivity index (χ1v) is 8.59. The second kappa shape index (κ2) is 5.96. The van der Waals surface area contributed by atoms with Crippen LogP contribution in [0, 0.1) is 0 Å². The maximum Gasteiger partial charge on any atom is 0.245 e. The van der Waals surface area contributed by atoms with Crippen molar-refractivity contribution >= 4 is 16.9 Å². The Bertz CT molecular complexity index is 709. The molecule has 5 nitrogen and oxygen atoms in total. The van der Waals surface area contributed by atoms with E-state index in [0.717, 1.165) is 23.9 Å². The minimum absolute atomic E-state index is 0.188. The van der Waals surface area contributed by atoms with E-state index in [2.05, 4.69) is 9.88 Å². The summed E-state index contributed by atoms with van der Waals surface area (Å²) in [4.78, 5) is 19.6. The summed E-state index contributed by atoms with van der Waals surface area (Å²) in [6.45, 7) is 3.34. The lowest BCUT2D eigenvalue weighted by atomic mass is 9.90. The SMILES string of the molecule is C[C@H](C(=O)N1CCO[C@@H]2CCCC[C@H]21)n1cnc2ccccc21. The van der Waals surface area contributed by atoms with Crippen molar-refractivity contribution in [3.63, 3.8) is 0 Å². The van der Waals surface area contributed by atoms with Gasteiger partial charge in [-0.1, -0.05) is 25.0 Å². The van der Waals surface area contributed by atoms with E-state index in [1.807, 2.05) is 35.8 Å². The van der Waals surface area contributed by atoms with E-state index >= 15 is 0 Å². The molecular weight excluding hydrogens is 290 g/mol. The molecule has 0 bridgehead atoms. The lowest BCUT2D eigenvalue weighted by molar-refractivity contribution is -0.152. The van der Waals surface area contributed by atoms with Crippen molar-refractivity contribution in [2.75, 3.05) is 13.2 Å². The van der Waals surface area contributed by atoms with Gasteiger partial charge in [0.2, 0.25) is 5.91 Å². The van der Waals surface area contributed by atoms with Gasteiger partial charge in [-0.2, -0.15) is 0 Å². The number of fused-ring (bicyclic) bond motifs is 2. The average molecular weight is 313 g/mol. The number of benzene rings is 1. The van der Waals surface area contributed by atoms with Crippen molar-refractivity contribution in [3.8, 4) is 0 Å². The molecule has 0 unspecified atom stereocenters. The Kier molecular flexibility index (Phi) is 3.81. The van der Waals surface area contributed by atoms with Crippen LogP contribution in [0.3, 0.4) is 0 Å². The van der Waals surface area contributed by atoms with Gasteiger partial charge in [-0.25, -0.2) is 4.98 Å². The van der Waals surface area contributed by atoms with Crippen LogP contribution in [-0.4, -0.2) is 45.7 Å². The predicted molar refractivity (Wildman–Crippen MR) is 88.2 cm³/mol. The van der Waals surface area contributed by atoms with Crippen LogP contribution in [0.2, 0.25) is 0 Å². The van der Waals surface area contributed by atoms with Crippen molar-refractivity contribution in [3.05, 3.63) is 30.6 Å². The molecule has 1 saturated carbocycles. The number of para-hydroxylation sites is 2. The molecule has 1 saturated heterocycles. The van der Waals surface area contributed by atoms with E-state index in [1.54, 1.807) is 6.33 Å². The van der Waals surface area contributed by atoms with Gasteiger partial charge in [-0.05, 0) is 31.9 Å².